The summed E-state index contributed by atoms with van der Waals surface area (Å²) in [5.41, 5.74) is 10.6. The van der Waals surface area contributed by atoms with Crippen molar-refractivity contribution in [3.05, 3.63) is 0 Å². The summed E-state index contributed by atoms with van der Waals surface area (Å²) in [6, 6.07) is 0. The Kier molecular flexibility index (Phi) is 9.33. The van der Waals surface area contributed by atoms with Gasteiger partial charge in [0.1, 0.15) is 0 Å². The molecule has 1 saturated carbocycles. The van der Waals surface area contributed by atoms with Crippen LogP contribution in [-0.2, 0) is 9.47 Å². The first-order valence-electron chi connectivity index (χ1n) is 7.57. The number of hydrogen-bond acceptors (Lipinski definition) is 6. The normalized spacial score (nSPS) is 26.4. The van der Waals surface area contributed by atoms with Gasteiger partial charge in [-0.1, -0.05) is 0 Å². The lowest BCUT2D eigenvalue weighted by Crippen LogP contribution is -2.29. The van der Waals surface area contributed by atoms with Gasteiger partial charge in [-0.3, -0.25) is 0 Å². The van der Waals surface area contributed by atoms with Gasteiger partial charge in [-0.2, -0.15) is 0 Å². The molecule has 0 aliphatic heterocycles. The number of hydrogen-bond donors (Lipinski definition) is 4. The molecule has 1 aliphatic rings. The molecule has 20 heavy (non-hydrogen) atoms. The zero-order valence-corrected chi connectivity index (χ0v) is 12.2. The van der Waals surface area contributed by atoms with E-state index in [1.165, 1.54) is 0 Å². The van der Waals surface area contributed by atoms with Crippen LogP contribution in [0.4, 0.5) is 0 Å². The van der Waals surface area contributed by atoms with E-state index in [-0.39, 0.29) is 13.1 Å². The Morgan fingerprint density at radius 1 is 0.800 bits per heavy atom. The molecule has 6 heteroatoms. The topological polar surface area (TPSA) is 111 Å². The van der Waals surface area contributed by atoms with E-state index >= 15 is 0 Å². The zero-order valence-electron chi connectivity index (χ0n) is 12.2. The first kappa shape index (κ1) is 17.8. The van der Waals surface area contributed by atoms with Crippen molar-refractivity contribution in [1.29, 1.82) is 0 Å². The molecule has 2 atom stereocenters. The van der Waals surface area contributed by atoms with Crippen molar-refractivity contribution in [3.8, 4) is 0 Å². The molecule has 0 spiro atoms. The lowest BCUT2D eigenvalue weighted by molar-refractivity contribution is -0.000262. The van der Waals surface area contributed by atoms with E-state index in [9.17, 15) is 10.2 Å². The second-order valence-electron chi connectivity index (χ2n) is 5.74. The van der Waals surface area contributed by atoms with Crippen molar-refractivity contribution >= 4 is 0 Å². The van der Waals surface area contributed by atoms with E-state index in [1.54, 1.807) is 0 Å². The lowest BCUT2D eigenvalue weighted by atomic mass is 9.83. The molecule has 0 aromatic heterocycles. The van der Waals surface area contributed by atoms with Crippen molar-refractivity contribution in [2.24, 2.45) is 23.3 Å². The predicted molar refractivity (Wildman–Crippen MR) is 77.2 cm³/mol. The minimum atomic E-state index is -0.547. The lowest BCUT2D eigenvalue weighted by Gasteiger charge is -2.28. The molecule has 0 bridgehead atoms. The number of rotatable bonds is 10. The van der Waals surface area contributed by atoms with Crippen molar-refractivity contribution < 1.29 is 19.7 Å². The molecule has 0 unspecified atom stereocenters. The number of ether oxygens (including phenoxy) is 2. The van der Waals surface area contributed by atoms with Crippen LogP contribution in [0.1, 0.15) is 25.7 Å². The van der Waals surface area contributed by atoms with Gasteiger partial charge in [-0.15, -0.1) is 0 Å². The molecule has 0 amide bonds. The molecule has 0 radical (unpaired) electrons. The highest BCUT2D eigenvalue weighted by molar-refractivity contribution is 4.72. The van der Waals surface area contributed by atoms with E-state index in [4.69, 9.17) is 20.9 Å². The van der Waals surface area contributed by atoms with E-state index in [2.05, 4.69) is 0 Å². The highest BCUT2D eigenvalue weighted by Crippen LogP contribution is 2.29. The van der Waals surface area contributed by atoms with Gasteiger partial charge in [0.15, 0.2) is 0 Å². The van der Waals surface area contributed by atoms with E-state index in [0.29, 0.717) is 38.3 Å². The Balaban J connectivity index is 2.02. The van der Waals surface area contributed by atoms with Crippen LogP contribution in [0.5, 0.6) is 0 Å². The third kappa shape index (κ3) is 7.52. The summed E-state index contributed by atoms with van der Waals surface area (Å²) >= 11 is 0. The maximum atomic E-state index is 9.30. The van der Waals surface area contributed by atoms with Crippen molar-refractivity contribution in [1.82, 2.24) is 0 Å². The van der Waals surface area contributed by atoms with Crippen LogP contribution in [0.2, 0.25) is 0 Å². The summed E-state index contributed by atoms with van der Waals surface area (Å²) in [4.78, 5) is 0. The molecule has 120 valence electrons. The second-order valence-corrected chi connectivity index (χ2v) is 5.74. The third-order valence-electron chi connectivity index (χ3n) is 3.84. The van der Waals surface area contributed by atoms with E-state index in [0.717, 1.165) is 25.7 Å². The molecule has 0 saturated heterocycles. The molecule has 0 heterocycles. The number of aliphatic hydroxyl groups excluding tert-OH is 2. The molecule has 0 aromatic carbocycles. The highest BCUT2D eigenvalue weighted by Gasteiger charge is 2.21. The van der Waals surface area contributed by atoms with Crippen LogP contribution in [0, 0.1) is 11.8 Å². The van der Waals surface area contributed by atoms with Gasteiger partial charge < -0.3 is 31.2 Å². The summed E-state index contributed by atoms with van der Waals surface area (Å²) in [6.07, 6.45) is 3.43. The van der Waals surface area contributed by atoms with E-state index in [1.807, 2.05) is 0 Å². The fourth-order valence-electron chi connectivity index (χ4n) is 2.44. The molecule has 1 rings (SSSR count). The summed E-state index contributed by atoms with van der Waals surface area (Å²) in [7, 11) is 0. The van der Waals surface area contributed by atoms with Crippen LogP contribution in [-0.4, -0.2) is 61.9 Å². The minimum Gasteiger partial charge on any atom is -0.389 e. The summed E-state index contributed by atoms with van der Waals surface area (Å²) in [5, 5.41) is 18.6. The number of nitrogens with two attached hydrogens (primary N) is 2. The van der Waals surface area contributed by atoms with Gasteiger partial charge in [0, 0.05) is 26.3 Å². The average Bonchev–Trinajstić information content (AvgIpc) is 2.48. The Morgan fingerprint density at radius 3 is 1.45 bits per heavy atom. The van der Waals surface area contributed by atoms with Crippen LogP contribution in [0.25, 0.3) is 0 Å². The van der Waals surface area contributed by atoms with E-state index < -0.39 is 12.2 Å². The highest BCUT2D eigenvalue weighted by atomic mass is 16.5. The zero-order chi connectivity index (χ0) is 14.8. The molecule has 0 aromatic rings. The van der Waals surface area contributed by atoms with Gasteiger partial charge in [0.05, 0.1) is 25.4 Å². The van der Waals surface area contributed by atoms with Crippen LogP contribution < -0.4 is 11.5 Å². The maximum absolute atomic E-state index is 9.30. The monoisotopic (exact) mass is 290 g/mol. The van der Waals surface area contributed by atoms with Gasteiger partial charge >= 0.3 is 0 Å². The van der Waals surface area contributed by atoms with Crippen molar-refractivity contribution in [3.63, 3.8) is 0 Å². The fraction of sp³-hybridized carbons (Fsp3) is 1.00. The minimum absolute atomic E-state index is 0.249. The molecule has 1 fully saturated rings. The van der Waals surface area contributed by atoms with Crippen LogP contribution >= 0.6 is 0 Å². The summed E-state index contributed by atoms with van der Waals surface area (Å²) in [5.74, 6) is 1.15. The van der Waals surface area contributed by atoms with Crippen molar-refractivity contribution in [2.75, 3.05) is 39.5 Å². The van der Waals surface area contributed by atoms with Gasteiger partial charge in [0.2, 0.25) is 0 Å². The Labute approximate surface area is 121 Å². The largest absolute Gasteiger partial charge is 0.389 e. The second kappa shape index (κ2) is 10.5. The smallest absolute Gasteiger partial charge is 0.0895 e. The average molecular weight is 290 g/mol. The van der Waals surface area contributed by atoms with Gasteiger partial charge in [0.25, 0.3) is 0 Å². The SMILES string of the molecule is NC[C@@H](O)COCC1CCC(COC[C@H](O)CN)CC1. The quantitative estimate of drug-likeness (QED) is 0.430. The maximum Gasteiger partial charge on any atom is 0.0895 e. The summed E-state index contributed by atoms with van der Waals surface area (Å²) in [6.45, 7) is 2.57. The molecule has 6 nitrogen and oxygen atoms in total. The Morgan fingerprint density at radius 2 is 1.15 bits per heavy atom. The van der Waals surface area contributed by atoms with Crippen LogP contribution in [0.3, 0.4) is 0 Å². The molecular formula is C14H30N2O4. The molecule has 6 N–H and O–H groups in total. The molecular weight excluding hydrogens is 260 g/mol. The number of aliphatic hydroxyl groups is 2. The summed E-state index contributed by atoms with van der Waals surface area (Å²) < 4.78 is 11.0. The first-order chi connectivity index (χ1) is 9.65. The Hall–Kier alpha value is -0.240. The standard InChI is InChI=1S/C14H30N2O4/c15-5-13(17)9-19-7-11-1-2-12(4-3-11)8-20-10-14(18)6-16/h11-14,17-18H,1-10,15-16H2/t11?,12?,13-,14-/m1/s1. The fourth-order valence-corrected chi connectivity index (χ4v) is 2.44. The third-order valence-corrected chi connectivity index (χ3v) is 3.84. The van der Waals surface area contributed by atoms with Gasteiger partial charge in [-0.25, -0.2) is 0 Å². The van der Waals surface area contributed by atoms with Gasteiger partial charge in [-0.05, 0) is 37.5 Å². The Bertz CT molecular complexity index is 211. The van der Waals surface area contributed by atoms with Crippen molar-refractivity contribution in [2.45, 2.75) is 37.9 Å². The first-order valence-corrected chi connectivity index (χ1v) is 7.57. The van der Waals surface area contributed by atoms with Crippen LogP contribution in [0.15, 0.2) is 0 Å². The predicted octanol–water partition coefficient (Wildman–Crippen LogP) is -0.535. The molecule has 1 aliphatic carbocycles.